The first-order valence-corrected chi connectivity index (χ1v) is 5.66. The summed E-state index contributed by atoms with van der Waals surface area (Å²) in [5.41, 5.74) is 1.79. The monoisotopic (exact) mass is 197 g/mol. The van der Waals surface area contributed by atoms with E-state index in [4.69, 9.17) is 5.11 Å². The Hall–Kier alpha value is -0.370. The van der Waals surface area contributed by atoms with Crippen LogP contribution >= 0.6 is 0 Å². The summed E-state index contributed by atoms with van der Waals surface area (Å²) in [5, 5.41) is 8.68. The molecule has 1 rings (SSSR count). The Morgan fingerprint density at radius 3 is 2.79 bits per heavy atom. The Balaban J connectivity index is 2.49. The molecule has 14 heavy (non-hydrogen) atoms. The van der Waals surface area contributed by atoms with E-state index < -0.39 is 0 Å². The second-order valence-electron chi connectivity index (χ2n) is 5.38. The van der Waals surface area contributed by atoms with Crippen LogP contribution in [0.2, 0.25) is 0 Å². The van der Waals surface area contributed by atoms with E-state index in [-0.39, 0.29) is 6.61 Å². The molecular formula is C12H23NO. The van der Waals surface area contributed by atoms with Crippen LogP contribution in [0.15, 0.2) is 4.99 Å². The highest BCUT2D eigenvalue weighted by molar-refractivity contribution is 5.86. The van der Waals surface area contributed by atoms with Gasteiger partial charge in [-0.05, 0) is 37.0 Å². The minimum atomic E-state index is 0.260. The van der Waals surface area contributed by atoms with E-state index in [0.717, 1.165) is 31.7 Å². The zero-order valence-corrected chi connectivity index (χ0v) is 9.71. The number of aliphatic hydroxyl groups is 1. The molecular weight excluding hydrogens is 174 g/mol. The molecule has 1 saturated carbocycles. The Kier molecular flexibility index (Phi) is 4.11. The van der Waals surface area contributed by atoms with Crippen LogP contribution in [0, 0.1) is 11.3 Å². The molecule has 0 bridgehead atoms. The Labute approximate surface area is 87.4 Å². The molecule has 0 saturated heterocycles. The average molecular weight is 197 g/mol. The van der Waals surface area contributed by atoms with Gasteiger partial charge in [0.15, 0.2) is 0 Å². The first-order chi connectivity index (χ1) is 6.53. The average Bonchev–Trinajstić information content (AvgIpc) is 2.00. The van der Waals surface area contributed by atoms with Crippen molar-refractivity contribution in [1.29, 1.82) is 0 Å². The molecule has 1 aliphatic carbocycles. The third-order valence-corrected chi connectivity index (χ3v) is 2.82. The van der Waals surface area contributed by atoms with Crippen molar-refractivity contribution in [2.45, 2.75) is 46.5 Å². The van der Waals surface area contributed by atoms with Crippen LogP contribution in [0.5, 0.6) is 0 Å². The quantitative estimate of drug-likeness (QED) is 0.693. The third kappa shape index (κ3) is 3.79. The summed E-state index contributed by atoms with van der Waals surface area (Å²) >= 11 is 0. The number of nitrogens with zero attached hydrogens (tertiary/aromatic N) is 1. The van der Waals surface area contributed by atoms with E-state index in [1.807, 2.05) is 0 Å². The van der Waals surface area contributed by atoms with E-state index in [1.165, 1.54) is 12.1 Å². The van der Waals surface area contributed by atoms with Gasteiger partial charge >= 0.3 is 0 Å². The summed E-state index contributed by atoms with van der Waals surface area (Å²) in [7, 11) is 0. The molecule has 82 valence electrons. The maximum absolute atomic E-state index is 8.68. The van der Waals surface area contributed by atoms with Crippen molar-refractivity contribution in [3.63, 3.8) is 0 Å². The second kappa shape index (κ2) is 4.92. The SMILES string of the molecule is CC1CC(=NCCCO)CC(C)(C)C1. The van der Waals surface area contributed by atoms with Gasteiger partial charge in [-0.25, -0.2) is 0 Å². The van der Waals surface area contributed by atoms with E-state index in [1.54, 1.807) is 0 Å². The van der Waals surface area contributed by atoms with Crippen molar-refractivity contribution in [3.05, 3.63) is 0 Å². The molecule has 0 aromatic rings. The van der Waals surface area contributed by atoms with Crippen LogP contribution in [0.3, 0.4) is 0 Å². The minimum Gasteiger partial charge on any atom is -0.396 e. The highest BCUT2D eigenvalue weighted by Gasteiger charge is 2.28. The lowest BCUT2D eigenvalue weighted by Gasteiger charge is -2.34. The van der Waals surface area contributed by atoms with Gasteiger partial charge in [-0.2, -0.15) is 0 Å². The Morgan fingerprint density at radius 2 is 2.21 bits per heavy atom. The van der Waals surface area contributed by atoms with Crippen LogP contribution in [0.4, 0.5) is 0 Å². The molecule has 0 aromatic heterocycles. The highest BCUT2D eigenvalue weighted by atomic mass is 16.3. The highest BCUT2D eigenvalue weighted by Crippen LogP contribution is 2.36. The predicted octanol–water partition coefficient (Wildman–Crippen LogP) is 2.66. The molecule has 1 fully saturated rings. The normalized spacial score (nSPS) is 29.4. The van der Waals surface area contributed by atoms with Gasteiger partial charge in [-0.3, -0.25) is 4.99 Å². The van der Waals surface area contributed by atoms with Crippen LogP contribution < -0.4 is 0 Å². The lowest BCUT2D eigenvalue weighted by Crippen LogP contribution is -2.27. The fraction of sp³-hybridized carbons (Fsp3) is 0.917. The van der Waals surface area contributed by atoms with Crippen LogP contribution in [0.25, 0.3) is 0 Å². The minimum absolute atomic E-state index is 0.260. The maximum atomic E-state index is 8.68. The zero-order chi connectivity index (χ0) is 10.6. The summed E-state index contributed by atoms with van der Waals surface area (Å²) < 4.78 is 0. The van der Waals surface area contributed by atoms with E-state index >= 15 is 0 Å². The lowest BCUT2D eigenvalue weighted by molar-refractivity contribution is 0.265. The van der Waals surface area contributed by atoms with Gasteiger partial charge in [0.2, 0.25) is 0 Å². The van der Waals surface area contributed by atoms with Crippen molar-refractivity contribution >= 4 is 5.71 Å². The summed E-state index contributed by atoms with van der Waals surface area (Å²) in [5.74, 6) is 0.770. The van der Waals surface area contributed by atoms with E-state index in [0.29, 0.717) is 5.41 Å². The van der Waals surface area contributed by atoms with E-state index in [9.17, 15) is 0 Å². The molecule has 0 aromatic carbocycles. The van der Waals surface area contributed by atoms with Crippen molar-refractivity contribution < 1.29 is 5.11 Å². The van der Waals surface area contributed by atoms with Crippen LogP contribution in [0.1, 0.15) is 46.5 Å². The largest absolute Gasteiger partial charge is 0.396 e. The molecule has 0 radical (unpaired) electrons. The molecule has 1 N–H and O–H groups in total. The van der Waals surface area contributed by atoms with Gasteiger partial charge in [-0.15, -0.1) is 0 Å². The summed E-state index contributed by atoms with van der Waals surface area (Å²) in [4.78, 5) is 4.58. The predicted molar refractivity (Wildman–Crippen MR) is 60.8 cm³/mol. The van der Waals surface area contributed by atoms with Crippen molar-refractivity contribution in [1.82, 2.24) is 0 Å². The maximum Gasteiger partial charge on any atom is 0.0448 e. The second-order valence-corrected chi connectivity index (χ2v) is 5.38. The number of aliphatic imine (C=N–C) groups is 1. The van der Waals surface area contributed by atoms with E-state index in [2.05, 4.69) is 25.8 Å². The molecule has 0 amide bonds. The molecule has 2 heteroatoms. The smallest absolute Gasteiger partial charge is 0.0448 e. The summed E-state index contributed by atoms with van der Waals surface area (Å²) in [6, 6.07) is 0. The first-order valence-electron chi connectivity index (χ1n) is 5.66. The van der Waals surface area contributed by atoms with Crippen molar-refractivity contribution in [2.75, 3.05) is 13.2 Å². The lowest BCUT2D eigenvalue weighted by atomic mass is 9.72. The molecule has 1 aliphatic rings. The van der Waals surface area contributed by atoms with Gasteiger partial charge in [0.05, 0.1) is 0 Å². The molecule has 0 heterocycles. The topological polar surface area (TPSA) is 32.6 Å². The summed E-state index contributed by atoms with van der Waals surface area (Å²) in [6.07, 6.45) is 4.42. The van der Waals surface area contributed by atoms with Crippen LogP contribution in [-0.2, 0) is 0 Å². The Morgan fingerprint density at radius 1 is 1.50 bits per heavy atom. The van der Waals surface area contributed by atoms with Gasteiger partial charge in [0.1, 0.15) is 0 Å². The molecule has 1 unspecified atom stereocenters. The molecule has 1 atom stereocenters. The van der Waals surface area contributed by atoms with Crippen molar-refractivity contribution in [2.24, 2.45) is 16.3 Å². The zero-order valence-electron chi connectivity index (χ0n) is 9.71. The fourth-order valence-corrected chi connectivity index (χ4v) is 2.54. The molecule has 2 nitrogen and oxygen atoms in total. The number of hydrogen-bond acceptors (Lipinski definition) is 2. The standard InChI is InChI=1S/C12H23NO/c1-10-7-11(13-5-4-6-14)9-12(2,3)8-10/h10,14H,4-9H2,1-3H3. The fourth-order valence-electron chi connectivity index (χ4n) is 2.54. The Bertz CT molecular complexity index is 208. The summed E-state index contributed by atoms with van der Waals surface area (Å²) in [6.45, 7) is 8.02. The number of hydrogen-bond donors (Lipinski definition) is 1. The van der Waals surface area contributed by atoms with Gasteiger partial charge in [0.25, 0.3) is 0 Å². The number of aliphatic hydroxyl groups excluding tert-OH is 1. The van der Waals surface area contributed by atoms with Gasteiger partial charge in [0, 0.05) is 18.9 Å². The van der Waals surface area contributed by atoms with Crippen molar-refractivity contribution in [3.8, 4) is 0 Å². The third-order valence-electron chi connectivity index (χ3n) is 2.82. The number of rotatable bonds is 3. The molecule has 0 spiro atoms. The van der Waals surface area contributed by atoms with Gasteiger partial charge < -0.3 is 5.11 Å². The van der Waals surface area contributed by atoms with Gasteiger partial charge in [-0.1, -0.05) is 20.8 Å². The molecule has 0 aliphatic heterocycles. The first kappa shape index (κ1) is 11.7. The van der Waals surface area contributed by atoms with Crippen LogP contribution in [-0.4, -0.2) is 24.0 Å².